The molecule has 130 valence electrons. The van der Waals surface area contributed by atoms with Crippen molar-refractivity contribution in [3.05, 3.63) is 65.2 Å². The number of rotatable bonds is 6. The number of nitrogens with zero attached hydrogens (tertiary/aromatic N) is 2. The lowest BCUT2D eigenvalue weighted by Crippen LogP contribution is -2.01. The third kappa shape index (κ3) is 4.54. The number of aryl methyl sites for hydroxylation is 2. The van der Waals surface area contributed by atoms with Crippen LogP contribution >= 0.6 is 0 Å². The Kier molecular flexibility index (Phi) is 6.46. The highest BCUT2D eigenvalue weighted by atomic mass is 14.8. The summed E-state index contributed by atoms with van der Waals surface area (Å²) in [5.41, 5.74) is 8.73. The topological polar surface area (TPSA) is 24.7 Å². The van der Waals surface area contributed by atoms with E-state index in [1.807, 2.05) is 20.1 Å². The van der Waals surface area contributed by atoms with Crippen molar-refractivity contribution >= 4 is 28.9 Å². The first-order valence-corrected chi connectivity index (χ1v) is 8.90. The van der Waals surface area contributed by atoms with Gasteiger partial charge in [0.1, 0.15) is 0 Å². The molecule has 2 aromatic rings. The van der Waals surface area contributed by atoms with Crippen molar-refractivity contribution in [2.24, 2.45) is 9.98 Å². The maximum atomic E-state index is 4.96. The Balaban J connectivity index is 2.59. The predicted molar refractivity (Wildman–Crippen MR) is 112 cm³/mol. The first-order chi connectivity index (χ1) is 12.0. The van der Waals surface area contributed by atoms with Gasteiger partial charge in [-0.1, -0.05) is 44.2 Å². The molecule has 2 heteroatoms. The van der Waals surface area contributed by atoms with Crippen LogP contribution < -0.4 is 0 Å². The molecule has 0 aliphatic rings. The molecule has 25 heavy (non-hydrogen) atoms. The van der Waals surface area contributed by atoms with E-state index in [2.05, 4.69) is 68.7 Å². The largest absolute Gasteiger partial charge is 0.261 e. The normalized spacial score (nSPS) is 12.0. The van der Waals surface area contributed by atoms with Gasteiger partial charge in [0.25, 0.3) is 0 Å². The molecule has 0 fully saturated rings. The van der Waals surface area contributed by atoms with Crippen LogP contribution in [0, 0.1) is 6.92 Å². The minimum Gasteiger partial charge on any atom is -0.261 e. The van der Waals surface area contributed by atoms with Crippen molar-refractivity contribution in [1.82, 2.24) is 0 Å². The Morgan fingerprint density at radius 2 is 1.80 bits per heavy atom. The van der Waals surface area contributed by atoms with E-state index in [9.17, 15) is 0 Å². The molecule has 2 nitrogen and oxygen atoms in total. The maximum Gasteiger partial charge on any atom is 0.0729 e. The fourth-order valence-electron chi connectivity index (χ4n) is 3.00. The van der Waals surface area contributed by atoms with E-state index in [1.165, 1.54) is 11.1 Å². The Hall–Kier alpha value is -2.48. The van der Waals surface area contributed by atoms with Crippen LogP contribution in [0.5, 0.6) is 0 Å². The third-order valence-corrected chi connectivity index (χ3v) is 4.26. The number of benzene rings is 2. The number of allylic oxidation sites excluding steroid dienone is 1. The van der Waals surface area contributed by atoms with Crippen LogP contribution in [0.4, 0.5) is 11.4 Å². The van der Waals surface area contributed by atoms with Crippen LogP contribution in [0.25, 0.3) is 5.57 Å². The van der Waals surface area contributed by atoms with E-state index in [-0.39, 0.29) is 0 Å². The van der Waals surface area contributed by atoms with E-state index in [0.29, 0.717) is 0 Å². The summed E-state index contributed by atoms with van der Waals surface area (Å²) in [7, 11) is 0. The molecule has 0 heterocycles. The second-order valence-electron chi connectivity index (χ2n) is 6.43. The lowest BCUT2D eigenvalue weighted by atomic mass is 9.99. The summed E-state index contributed by atoms with van der Waals surface area (Å²) in [6.45, 7) is 14.4. The quantitative estimate of drug-likeness (QED) is 0.517. The molecule has 2 rings (SSSR count). The summed E-state index contributed by atoms with van der Waals surface area (Å²) in [4.78, 5) is 9.43. The van der Waals surface area contributed by atoms with Crippen LogP contribution in [-0.4, -0.2) is 11.9 Å². The molecule has 0 atom stereocenters. The van der Waals surface area contributed by atoms with Gasteiger partial charge in [-0.15, -0.1) is 0 Å². The molecule has 0 spiro atoms. The van der Waals surface area contributed by atoms with Crippen molar-refractivity contribution in [1.29, 1.82) is 0 Å². The van der Waals surface area contributed by atoms with Gasteiger partial charge in [0.15, 0.2) is 0 Å². The van der Waals surface area contributed by atoms with Gasteiger partial charge >= 0.3 is 0 Å². The summed E-state index contributed by atoms with van der Waals surface area (Å²) >= 11 is 0. The smallest absolute Gasteiger partial charge is 0.0729 e. The maximum absolute atomic E-state index is 4.96. The van der Waals surface area contributed by atoms with Crippen LogP contribution in [0.2, 0.25) is 0 Å². The van der Waals surface area contributed by atoms with E-state index in [4.69, 9.17) is 4.99 Å². The van der Waals surface area contributed by atoms with E-state index in [1.54, 1.807) is 0 Å². The monoisotopic (exact) mass is 332 g/mol. The first-order valence-electron chi connectivity index (χ1n) is 8.90. The molecule has 0 aliphatic carbocycles. The Morgan fingerprint density at radius 1 is 1.08 bits per heavy atom. The minimum atomic E-state index is 0.933. The van der Waals surface area contributed by atoms with Gasteiger partial charge in [-0.2, -0.15) is 0 Å². The van der Waals surface area contributed by atoms with Gasteiger partial charge in [-0.25, -0.2) is 0 Å². The van der Waals surface area contributed by atoms with Gasteiger partial charge in [0.05, 0.1) is 11.4 Å². The molecular formula is C23H28N2. The lowest BCUT2D eigenvalue weighted by Gasteiger charge is -2.12. The highest BCUT2D eigenvalue weighted by Gasteiger charge is 2.10. The molecule has 0 saturated heterocycles. The molecule has 0 aromatic heterocycles. The van der Waals surface area contributed by atoms with Crippen molar-refractivity contribution in [2.75, 3.05) is 0 Å². The first kappa shape index (κ1) is 18.9. The molecule has 0 bridgehead atoms. The summed E-state index contributed by atoms with van der Waals surface area (Å²) < 4.78 is 0. The van der Waals surface area contributed by atoms with Crippen molar-refractivity contribution in [2.45, 2.75) is 47.5 Å². The SMILES string of the molecule is C=C(C)c1cc(C)c(N=CC)cc1N=C(C)c1ccccc1CCC. The van der Waals surface area contributed by atoms with Gasteiger partial charge < -0.3 is 0 Å². The molecule has 2 aromatic carbocycles. The van der Waals surface area contributed by atoms with E-state index in [0.717, 1.165) is 46.6 Å². The van der Waals surface area contributed by atoms with Crippen LogP contribution in [0.3, 0.4) is 0 Å². The Labute approximate surface area is 152 Å². The van der Waals surface area contributed by atoms with Crippen LogP contribution in [-0.2, 0) is 6.42 Å². The molecule has 0 unspecified atom stereocenters. The zero-order valence-corrected chi connectivity index (χ0v) is 16.1. The van der Waals surface area contributed by atoms with Crippen molar-refractivity contribution in [3.63, 3.8) is 0 Å². The highest BCUT2D eigenvalue weighted by Crippen LogP contribution is 2.33. The summed E-state index contributed by atoms with van der Waals surface area (Å²) in [5, 5.41) is 0. The average Bonchev–Trinajstić information content (AvgIpc) is 2.58. The van der Waals surface area contributed by atoms with E-state index < -0.39 is 0 Å². The van der Waals surface area contributed by atoms with Crippen molar-refractivity contribution < 1.29 is 0 Å². The second-order valence-corrected chi connectivity index (χ2v) is 6.43. The zero-order chi connectivity index (χ0) is 18.4. The van der Waals surface area contributed by atoms with Crippen LogP contribution in [0.15, 0.2) is 53.0 Å². The fraction of sp³-hybridized carbons (Fsp3) is 0.304. The summed E-state index contributed by atoms with van der Waals surface area (Å²) in [5.74, 6) is 0. The van der Waals surface area contributed by atoms with Gasteiger partial charge in [-0.05, 0) is 68.5 Å². The lowest BCUT2D eigenvalue weighted by molar-refractivity contribution is 0.919. The average molecular weight is 332 g/mol. The number of aliphatic imine (C=N–C) groups is 2. The highest BCUT2D eigenvalue weighted by molar-refractivity contribution is 6.02. The second kappa shape index (κ2) is 8.57. The Bertz CT molecular complexity index is 826. The number of hydrogen-bond donors (Lipinski definition) is 0. The van der Waals surface area contributed by atoms with Crippen molar-refractivity contribution in [3.8, 4) is 0 Å². The molecule has 0 amide bonds. The molecule has 0 saturated carbocycles. The Morgan fingerprint density at radius 3 is 2.44 bits per heavy atom. The fourth-order valence-corrected chi connectivity index (χ4v) is 3.00. The molecule has 0 radical (unpaired) electrons. The standard InChI is InChI=1S/C23H28N2/c1-7-11-19-12-9-10-13-20(19)18(6)25-23-15-22(24-8-2)17(5)14-21(23)16(3)4/h8-10,12-15H,3,7,11H2,1-2,4-6H3. The van der Waals surface area contributed by atoms with E-state index >= 15 is 0 Å². The molecular weight excluding hydrogens is 304 g/mol. The van der Waals surface area contributed by atoms with Gasteiger partial charge in [0.2, 0.25) is 0 Å². The molecule has 0 N–H and O–H groups in total. The third-order valence-electron chi connectivity index (χ3n) is 4.26. The summed E-state index contributed by atoms with van der Waals surface area (Å²) in [6.07, 6.45) is 4.01. The minimum absolute atomic E-state index is 0.933. The number of hydrogen-bond acceptors (Lipinski definition) is 2. The van der Waals surface area contributed by atoms with Gasteiger partial charge in [0, 0.05) is 17.5 Å². The van der Waals surface area contributed by atoms with Crippen LogP contribution in [0.1, 0.15) is 56.4 Å². The molecule has 0 aliphatic heterocycles. The predicted octanol–water partition coefficient (Wildman–Crippen LogP) is 6.84. The van der Waals surface area contributed by atoms with Gasteiger partial charge in [-0.3, -0.25) is 9.98 Å². The summed E-state index contributed by atoms with van der Waals surface area (Å²) in [6, 6.07) is 12.7. The zero-order valence-electron chi connectivity index (χ0n) is 16.1.